The molecule has 1 aromatic carbocycles. The van der Waals surface area contributed by atoms with Crippen LogP contribution in [0.3, 0.4) is 0 Å². The van der Waals surface area contributed by atoms with Gasteiger partial charge in [0.25, 0.3) is 0 Å². The Labute approximate surface area is 159 Å². The molecule has 0 spiro atoms. The fourth-order valence-corrected chi connectivity index (χ4v) is 3.68. The number of morpholine rings is 1. The molecule has 1 N–H and O–H groups in total. The largest absolute Gasteiger partial charge is 0.382 e. The number of carbonyl (C=O) groups excluding carboxylic acids is 1. The number of fused-ring (bicyclic) bond motifs is 1. The number of aromatic nitrogens is 2. The maximum atomic E-state index is 12.6. The summed E-state index contributed by atoms with van der Waals surface area (Å²) in [6.07, 6.45) is -0.206. The second-order valence-corrected chi connectivity index (χ2v) is 7.12. The second-order valence-electron chi connectivity index (χ2n) is 7.12. The first-order chi connectivity index (χ1) is 13.2. The molecule has 0 saturated carbocycles. The Morgan fingerprint density at radius 2 is 1.93 bits per heavy atom. The van der Waals surface area contributed by atoms with Crippen molar-refractivity contribution >= 4 is 5.91 Å². The predicted molar refractivity (Wildman–Crippen MR) is 100 cm³/mol. The van der Waals surface area contributed by atoms with E-state index in [2.05, 4.69) is 10.00 Å². The number of amides is 1. The van der Waals surface area contributed by atoms with Crippen LogP contribution < -0.4 is 0 Å². The van der Waals surface area contributed by atoms with Crippen LogP contribution in [0.4, 0.5) is 0 Å². The molecular weight excluding hydrogens is 344 g/mol. The van der Waals surface area contributed by atoms with Crippen LogP contribution in [-0.4, -0.2) is 70.0 Å². The highest BCUT2D eigenvalue weighted by molar-refractivity contribution is 5.76. The number of ether oxygens (including phenoxy) is 1. The number of hydrogen-bond donors (Lipinski definition) is 1. The van der Waals surface area contributed by atoms with Crippen molar-refractivity contribution < 1.29 is 14.6 Å². The molecule has 0 aliphatic carbocycles. The Balaban J connectivity index is 1.36. The molecule has 1 atom stereocenters. The quantitative estimate of drug-likeness (QED) is 0.851. The van der Waals surface area contributed by atoms with E-state index in [1.54, 1.807) is 0 Å². The molecule has 1 fully saturated rings. The molecule has 1 amide bonds. The van der Waals surface area contributed by atoms with Crippen molar-refractivity contribution in [3.63, 3.8) is 0 Å². The van der Waals surface area contributed by atoms with Gasteiger partial charge in [-0.25, -0.2) is 0 Å². The lowest BCUT2D eigenvalue weighted by Gasteiger charge is -2.30. The minimum Gasteiger partial charge on any atom is -0.382 e. The average molecular weight is 370 g/mol. The molecular formula is C20H26N4O3. The fourth-order valence-electron chi connectivity index (χ4n) is 3.68. The van der Waals surface area contributed by atoms with Crippen LogP contribution in [0.15, 0.2) is 36.4 Å². The zero-order valence-electron chi connectivity index (χ0n) is 15.5. The van der Waals surface area contributed by atoms with Crippen molar-refractivity contribution in [1.82, 2.24) is 19.6 Å². The second kappa shape index (κ2) is 8.21. The van der Waals surface area contributed by atoms with Crippen molar-refractivity contribution in [3.8, 4) is 0 Å². The minimum atomic E-state index is -0.741. The Morgan fingerprint density at radius 3 is 2.70 bits per heavy atom. The number of aliphatic hydroxyl groups is 1. The van der Waals surface area contributed by atoms with Gasteiger partial charge in [0.1, 0.15) is 6.10 Å². The molecule has 3 heterocycles. The fraction of sp³-hybridized carbons (Fsp3) is 0.500. The van der Waals surface area contributed by atoms with Crippen molar-refractivity contribution in [2.24, 2.45) is 0 Å². The van der Waals surface area contributed by atoms with E-state index in [4.69, 9.17) is 4.74 Å². The standard InChI is InChI=1S/C20H26N4O3/c25-19(6-7-22-10-12-27-13-11-22)23-8-9-24-17(15-23)14-18(21-24)20(26)16-4-2-1-3-5-16/h1-5,14,20,26H,6-13,15H2/t20-/m1/s1. The third kappa shape index (κ3) is 4.21. The summed E-state index contributed by atoms with van der Waals surface area (Å²) < 4.78 is 7.26. The monoisotopic (exact) mass is 370 g/mol. The van der Waals surface area contributed by atoms with Gasteiger partial charge >= 0.3 is 0 Å². The van der Waals surface area contributed by atoms with Gasteiger partial charge in [0, 0.05) is 32.6 Å². The van der Waals surface area contributed by atoms with Crippen LogP contribution in [0.5, 0.6) is 0 Å². The lowest BCUT2D eigenvalue weighted by Crippen LogP contribution is -2.42. The maximum absolute atomic E-state index is 12.6. The van der Waals surface area contributed by atoms with Crippen LogP contribution >= 0.6 is 0 Å². The Morgan fingerprint density at radius 1 is 1.15 bits per heavy atom. The molecule has 1 aromatic heterocycles. The number of hydrogen-bond acceptors (Lipinski definition) is 5. The highest BCUT2D eigenvalue weighted by Gasteiger charge is 2.25. The third-order valence-electron chi connectivity index (χ3n) is 5.31. The molecule has 27 heavy (non-hydrogen) atoms. The van der Waals surface area contributed by atoms with E-state index in [1.165, 1.54) is 0 Å². The summed E-state index contributed by atoms with van der Waals surface area (Å²) in [5.74, 6) is 0.180. The minimum absolute atomic E-state index is 0.180. The molecule has 2 aliphatic heterocycles. The molecule has 144 valence electrons. The summed E-state index contributed by atoms with van der Waals surface area (Å²) in [6, 6.07) is 11.4. The lowest BCUT2D eigenvalue weighted by atomic mass is 10.1. The Kier molecular flexibility index (Phi) is 5.52. The number of carbonyl (C=O) groups is 1. The summed E-state index contributed by atoms with van der Waals surface area (Å²) in [4.78, 5) is 16.8. The van der Waals surface area contributed by atoms with Crippen molar-refractivity contribution in [1.29, 1.82) is 0 Å². The normalized spacial score (nSPS) is 18.9. The van der Waals surface area contributed by atoms with Crippen LogP contribution in [0.1, 0.15) is 29.5 Å². The van der Waals surface area contributed by atoms with Crippen LogP contribution in [0.2, 0.25) is 0 Å². The van der Waals surface area contributed by atoms with Crippen LogP contribution in [-0.2, 0) is 22.6 Å². The van der Waals surface area contributed by atoms with E-state index >= 15 is 0 Å². The number of nitrogens with zero attached hydrogens (tertiary/aromatic N) is 4. The predicted octanol–water partition coefficient (Wildman–Crippen LogP) is 1.03. The first-order valence-electron chi connectivity index (χ1n) is 9.58. The van der Waals surface area contributed by atoms with Gasteiger partial charge in [-0.15, -0.1) is 0 Å². The first-order valence-corrected chi connectivity index (χ1v) is 9.58. The summed E-state index contributed by atoms with van der Waals surface area (Å²) in [7, 11) is 0. The van der Waals surface area contributed by atoms with Gasteiger partial charge in [-0.2, -0.15) is 5.10 Å². The Hall–Kier alpha value is -2.22. The maximum Gasteiger partial charge on any atom is 0.224 e. The van der Waals surface area contributed by atoms with Crippen molar-refractivity contribution in [2.45, 2.75) is 25.6 Å². The topological polar surface area (TPSA) is 70.8 Å². The summed E-state index contributed by atoms with van der Waals surface area (Å²) in [5, 5.41) is 15.1. The molecule has 1 saturated heterocycles. The van der Waals surface area contributed by atoms with E-state index in [9.17, 15) is 9.90 Å². The third-order valence-corrected chi connectivity index (χ3v) is 5.31. The summed E-state index contributed by atoms with van der Waals surface area (Å²) in [6.45, 7) is 5.98. The van der Waals surface area contributed by atoms with Gasteiger partial charge < -0.3 is 14.7 Å². The van der Waals surface area contributed by atoms with Crippen LogP contribution in [0, 0.1) is 0 Å². The van der Waals surface area contributed by atoms with Gasteiger partial charge in [-0.1, -0.05) is 30.3 Å². The molecule has 2 aromatic rings. The Bertz CT molecular complexity index is 771. The van der Waals surface area contributed by atoms with Gasteiger partial charge in [-0.05, 0) is 11.6 Å². The zero-order valence-corrected chi connectivity index (χ0v) is 15.5. The van der Waals surface area contributed by atoms with E-state index in [1.807, 2.05) is 46.0 Å². The van der Waals surface area contributed by atoms with E-state index in [0.29, 0.717) is 31.7 Å². The summed E-state index contributed by atoms with van der Waals surface area (Å²) in [5.41, 5.74) is 2.44. The summed E-state index contributed by atoms with van der Waals surface area (Å²) >= 11 is 0. The molecule has 2 aliphatic rings. The molecule has 0 radical (unpaired) electrons. The van der Waals surface area contributed by atoms with Gasteiger partial charge in [0.15, 0.2) is 0 Å². The number of aliphatic hydroxyl groups excluding tert-OH is 1. The molecule has 7 heteroatoms. The molecule has 4 rings (SSSR count). The highest BCUT2D eigenvalue weighted by atomic mass is 16.5. The average Bonchev–Trinajstić information content (AvgIpc) is 3.16. The van der Waals surface area contributed by atoms with Crippen LogP contribution in [0.25, 0.3) is 0 Å². The highest BCUT2D eigenvalue weighted by Crippen LogP contribution is 2.23. The van der Waals surface area contributed by atoms with Gasteiger partial charge in [0.05, 0.1) is 37.7 Å². The van der Waals surface area contributed by atoms with Crippen molar-refractivity contribution in [3.05, 3.63) is 53.3 Å². The first kappa shape index (κ1) is 18.2. The van der Waals surface area contributed by atoms with E-state index in [0.717, 1.165) is 44.1 Å². The smallest absolute Gasteiger partial charge is 0.224 e. The van der Waals surface area contributed by atoms with Gasteiger partial charge in [-0.3, -0.25) is 14.4 Å². The number of benzene rings is 1. The SMILES string of the molecule is O=C(CCN1CCOCC1)N1CCn2nc([C@H](O)c3ccccc3)cc2C1. The molecule has 0 bridgehead atoms. The molecule has 0 unspecified atom stereocenters. The van der Waals surface area contributed by atoms with E-state index in [-0.39, 0.29) is 5.91 Å². The van der Waals surface area contributed by atoms with Crippen molar-refractivity contribution in [2.75, 3.05) is 39.4 Å². The van der Waals surface area contributed by atoms with Gasteiger partial charge in [0.2, 0.25) is 5.91 Å². The lowest BCUT2D eigenvalue weighted by molar-refractivity contribution is -0.133. The number of rotatable bonds is 5. The molecule has 7 nitrogen and oxygen atoms in total. The van der Waals surface area contributed by atoms with E-state index < -0.39 is 6.10 Å². The zero-order chi connectivity index (χ0) is 18.6.